The molecule has 0 unspecified atom stereocenters. The number of thiophene rings is 1. The molecule has 0 spiro atoms. The summed E-state index contributed by atoms with van der Waals surface area (Å²) in [7, 11) is 0. The largest absolute Gasteiger partial charge is 0.486 e. The van der Waals surface area contributed by atoms with Gasteiger partial charge in [-0.25, -0.2) is 4.98 Å². The average Bonchev–Trinajstić information content (AvgIpc) is 3.26. The van der Waals surface area contributed by atoms with Crippen molar-refractivity contribution in [2.45, 2.75) is 25.0 Å². The van der Waals surface area contributed by atoms with Crippen LogP contribution in [0.3, 0.4) is 0 Å². The Hall–Kier alpha value is -3.89. The van der Waals surface area contributed by atoms with Crippen LogP contribution >= 0.6 is 11.3 Å². The summed E-state index contributed by atoms with van der Waals surface area (Å²) in [6.45, 7) is 10.2. The fourth-order valence-corrected chi connectivity index (χ4v) is 5.96. The van der Waals surface area contributed by atoms with E-state index in [1.165, 1.54) is 17.4 Å². The molecule has 2 saturated heterocycles. The quantitative estimate of drug-likeness (QED) is 0.383. The fourth-order valence-electron chi connectivity index (χ4n) is 4.94. The molecule has 37 heavy (non-hydrogen) atoms. The molecule has 2 amide bonds. The molecule has 190 valence electrons. The van der Waals surface area contributed by atoms with Gasteiger partial charge < -0.3 is 24.7 Å². The van der Waals surface area contributed by atoms with Gasteiger partial charge in [-0.1, -0.05) is 13.2 Å². The first-order chi connectivity index (χ1) is 18.0. The standard InChI is InChI=1S/C27H27N5O4S/c1-3-22(33)31-12-4-5-17(13-31)30-26(34)25-24-23-21(10-11-28-27(23)37-25)32(16(2)29-24)18-6-8-19(9-7-18)36-20-14-35-15-20/h3,6-11,17,20,29H,1-2,4-5,12-15H2,(H,30,34)/t17-/m1/s1. The zero-order valence-corrected chi connectivity index (χ0v) is 21.1. The fraction of sp³-hybridized carbons (Fsp3) is 0.296. The van der Waals surface area contributed by atoms with Gasteiger partial charge in [0.25, 0.3) is 5.91 Å². The lowest BCUT2D eigenvalue weighted by Crippen LogP contribution is -2.49. The van der Waals surface area contributed by atoms with Gasteiger partial charge in [0.15, 0.2) is 0 Å². The Morgan fingerprint density at radius 1 is 1.24 bits per heavy atom. The minimum absolute atomic E-state index is 0.106. The van der Waals surface area contributed by atoms with Crippen LogP contribution in [0.4, 0.5) is 0 Å². The maximum atomic E-state index is 13.4. The van der Waals surface area contributed by atoms with Crippen LogP contribution in [0.2, 0.25) is 0 Å². The van der Waals surface area contributed by atoms with Gasteiger partial charge in [0.05, 0.1) is 29.6 Å². The number of aromatic nitrogens is 3. The van der Waals surface area contributed by atoms with E-state index < -0.39 is 0 Å². The molecule has 0 aliphatic carbocycles. The van der Waals surface area contributed by atoms with Gasteiger partial charge in [0, 0.05) is 31.0 Å². The van der Waals surface area contributed by atoms with Crippen LogP contribution < -0.4 is 15.5 Å². The van der Waals surface area contributed by atoms with Crippen LogP contribution in [-0.4, -0.2) is 69.7 Å². The number of nitrogens with zero attached hydrogens (tertiary/aromatic N) is 3. The summed E-state index contributed by atoms with van der Waals surface area (Å²) >= 11 is 1.35. The number of pyridine rings is 1. The molecule has 10 heteroatoms. The maximum absolute atomic E-state index is 13.4. The van der Waals surface area contributed by atoms with Crippen molar-refractivity contribution in [2.24, 2.45) is 0 Å². The number of H-pyrrole nitrogens is 1. The number of rotatable bonds is 6. The van der Waals surface area contributed by atoms with E-state index in [1.807, 2.05) is 34.9 Å². The minimum atomic E-state index is -0.183. The van der Waals surface area contributed by atoms with Gasteiger partial charge in [-0.05, 0) is 49.2 Å². The first kappa shape index (κ1) is 23.5. The van der Waals surface area contributed by atoms with E-state index in [-0.39, 0.29) is 24.0 Å². The second kappa shape index (κ2) is 9.53. The first-order valence-electron chi connectivity index (χ1n) is 12.3. The Labute approximate surface area is 217 Å². The van der Waals surface area contributed by atoms with Crippen LogP contribution in [0.5, 0.6) is 5.75 Å². The normalized spacial score (nSPS) is 18.1. The smallest absolute Gasteiger partial charge is 0.263 e. The number of hydrogen-bond donors (Lipinski definition) is 2. The topological polar surface area (TPSA) is 101 Å². The number of ether oxygens (including phenoxy) is 2. The molecule has 3 aromatic heterocycles. The zero-order chi connectivity index (χ0) is 25.5. The summed E-state index contributed by atoms with van der Waals surface area (Å²) in [6.07, 6.45) is 4.82. The van der Waals surface area contributed by atoms with Gasteiger partial charge in [0.1, 0.15) is 27.0 Å². The van der Waals surface area contributed by atoms with Gasteiger partial charge in [-0.3, -0.25) is 14.2 Å². The number of carbonyl (C=O) groups is 2. The number of aromatic amines is 1. The van der Waals surface area contributed by atoms with Crippen molar-refractivity contribution < 1.29 is 19.1 Å². The molecule has 1 aromatic carbocycles. The molecule has 2 fully saturated rings. The number of hydrogen-bond acceptors (Lipinski definition) is 6. The van der Waals surface area contributed by atoms with Crippen molar-refractivity contribution in [1.82, 2.24) is 24.8 Å². The highest BCUT2D eigenvalue weighted by Crippen LogP contribution is 2.34. The van der Waals surface area contributed by atoms with E-state index in [0.29, 0.717) is 42.2 Å². The van der Waals surface area contributed by atoms with Gasteiger partial charge in [0.2, 0.25) is 5.91 Å². The lowest BCUT2D eigenvalue weighted by molar-refractivity contribution is -0.127. The number of nitrogens with one attached hydrogen (secondary N) is 2. The summed E-state index contributed by atoms with van der Waals surface area (Å²) < 4.78 is 13.1. The second-order valence-corrected chi connectivity index (χ2v) is 10.3. The Morgan fingerprint density at radius 3 is 2.78 bits per heavy atom. The van der Waals surface area contributed by atoms with Crippen molar-refractivity contribution in [3.05, 3.63) is 59.5 Å². The molecule has 0 radical (unpaired) electrons. The van der Waals surface area contributed by atoms with Gasteiger partial charge >= 0.3 is 0 Å². The molecule has 2 aliphatic rings. The summed E-state index contributed by atoms with van der Waals surface area (Å²) in [5, 5.41) is 4.00. The molecule has 5 heterocycles. The molecule has 2 N–H and O–H groups in total. The van der Waals surface area contributed by atoms with Crippen LogP contribution in [0.15, 0.2) is 49.2 Å². The number of benzene rings is 1. The maximum Gasteiger partial charge on any atom is 0.263 e. The molecule has 1 atom stereocenters. The van der Waals surface area contributed by atoms with E-state index in [9.17, 15) is 9.59 Å². The summed E-state index contributed by atoms with van der Waals surface area (Å²) in [6, 6.07) is 9.65. The number of carbonyl (C=O) groups excluding carboxylic acids is 2. The Bertz CT molecular complexity index is 1560. The Kier molecular flexibility index (Phi) is 6.05. The van der Waals surface area contributed by atoms with E-state index >= 15 is 0 Å². The molecule has 6 rings (SSSR count). The summed E-state index contributed by atoms with van der Waals surface area (Å²) in [5.74, 6) is 0.496. The van der Waals surface area contributed by atoms with Crippen molar-refractivity contribution >= 4 is 51.0 Å². The lowest BCUT2D eigenvalue weighted by Gasteiger charge is -2.32. The van der Waals surface area contributed by atoms with E-state index in [0.717, 1.165) is 40.0 Å². The molecule has 0 bridgehead atoms. The van der Waals surface area contributed by atoms with E-state index in [4.69, 9.17) is 9.47 Å². The van der Waals surface area contributed by atoms with Crippen molar-refractivity contribution in [3.8, 4) is 11.4 Å². The Morgan fingerprint density at radius 2 is 2.05 bits per heavy atom. The Balaban J connectivity index is 1.32. The van der Waals surface area contributed by atoms with Gasteiger partial charge in [-0.15, -0.1) is 11.3 Å². The summed E-state index contributed by atoms with van der Waals surface area (Å²) in [4.78, 5) is 36.4. The average molecular weight is 518 g/mol. The van der Waals surface area contributed by atoms with E-state index in [1.54, 1.807) is 11.1 Å². The van der Waals surface area contributed by atoms with Crippen LogP contribution in [0, 0.1) is 0 Å². The van der Waals surface area contributed by atoms with Crippen molar-refractivity contribution in [3.63, 3.8) is 0 Å². The SMILES string of the molecule is C=CC(=O)N1CCC[C@@H](NC(=O)c2sc3nccc4c3c2[nH]c(=C)n4-c2ccc(OC3COC3)cc2)C1. The van der Waals surface area contributed by atoms with Gasteiger partial charge in [-0.2, -0.15) is 0 Å². The minimum Gasteiger partial charge on any atom is -0.486 e. The monoisotopic (exact) mass is 517 g/mol. The third-order valence-corrected chi connectivity index (χ3v) is 7.90. The van der Waals surface area contributed by atoms with Crippen LogP contribution in [-0.2, 0) is 9.53 Å². The number of amides is 2. The number of piperidine rings is 1. The third kappa shape index (κ3) is 4.32. The first-order valence-corrected chi connectivity index (χ1v) is 13.1. The summed E-state index contributed by atoms with van der Waals surface area (Å²) in [5.41, 5.74) is 3.16. The van der Waals surface area contributed by atoms with E-state index in [2.05, 4.69) is 28.4 Å². The molecule has 9 nitrogen and oxygen atoms in total. The highest BCUT2D eigenvalue weighted by Gasteiger charge is 2.26. The number of likely N-dealkylation sites (tertiary alicyclic amines) is 1. The molecule has 0 saturated carbocycles. The third-order valence-electron chi connectivity index (χ3n) is 6.80. The predicted octanol–water partition coefficient (Wildman–Crippen LogP) is 2.94. The highest BCUT2D eigenvalue weighted by atomic mass is 32.1. The van der Waals surface area contributed by atoms with Crippen molar-refractivity contribution in [2.75, 3.05) is 26.3 Å². The predicted molar refractivity (Wildman–Crippen MR) is 143 cm³/mol. The molecule has 2 aliphatic heterocycles. The highest BCUT2D eigenvalue weighted by molar-refractivity contribution is 7.21. The molecular formula is C27H27N5O4S. The van der Waals surface area contributed by atoms with Crippen LogP contribution in [0.1, 0.15) is 22.5 Å². The van der Waals surface area contributed by atoms with Crippen molar-refractivity contribution in [1.29, 1.82) is 0 Å². The molecule has 4 aromatic rings. The van der Waals surface area contributed by atoms with Crippen LogP contribution in [0.25, 0.3) is 33.5 Å². The lowest BCUT2D eigenvalue weighted by atomic mass is 10.1. The zero-order valence-electron chi connectivity index (χ0n) is 20.2. The second-order valence-electron chi connectivity index (χ2n) is 9.30. The molecular weight excluding hydrogens is 490 g/mol.